The Labute approximate surface area is 131 Å². The molecule has 22 heavy (non-hydrogen) atoms. The first-order chi connectivity index (χ1) is 10.2. The maximum Gasteiger partial charge on any atom is 0.306 e. The van der Waals surface area contributed by atoms with Crippen LogP contribution in [0.2, 0.25) is 0 Å². The van der Waals surface area contributed by atoms with Gasteiger partial charge in [0.1, 0.15) is 17.1 Å². The fourth-order valence-corrected chi connectivity index (χ4v) is 1.44. The summed E-state index contributed by atoms with van der Waals surface area (Å²) in [5, 5.41) is 8.52. The van der Waals surface area contributed by atoms with Gasteiger partial charge in [-0.2, -0.15) is 0 Å². The van der Waals surface area contributed by atoms with Gasteiger partial charge in [0.2, 0.25) is 0 Å². The average molecular weight is 312 g/mol. The molecule has 0 amide bonds. The fourth-order valence-electron chi connectivity index (χ4n) is 1.44. The van der Waals surface area contributed by atoms with Crippen molar-refractivity contribution in [1.82, 2.24) is 0 Å². The van der Waals surface area contributed by atoms with Gasteiger partial charge in [-0.15, -0.1) is 0 Å². The Morgan fingerprint density at radius 2 is 1.82 bits per heavy atom. The number of hydrogen-bond acceptors (Lipinski definition) is 5. The Morgan fingerprint density at radius 3 is 2.32 bits per heavy atom. The van der Waals surface area contributed by atoms with Gasteiger partial charge in [0.05, 0.1) is 14.2 Å². The van der Waals surface area contributed by atoms with Gasteiger partial charge in [-0.3, -0.25) is 9.59 Å². The van der Waals surface area contributed by atoms with Crippen LogP contribution in [-0.2, 0) is 23.8 Å². The first kappa shape index (κ1) is 19.8. The van der Waals surface area contributed by atoms with Crippen LogP contribution in [0.4, 0.5) is 0 Å². The lowest BCUT2D eigenvalue weighted by molar-refractivity contribution is -0.152. The first-order valence-electron chi connectivity index (χ1n) is 6.81. The van der Waals surface area contributed by atoms with Crippen molar-refractivity contribution in [2.75, 3.05) is 14.2 Å². The summed E-state index contributed by atoms with van der Waals surface area (Å²) in [5.74, 6) is -0.438. The SMILES string of the molecule is C=C(/C=C(\C=C\C(C)(C)OC(=O)CCCC(=O)O)OC)OC. The van der Waals surface area contributed by atoms with Crippen LogP contribution in [0.5, 0.6) is 0 Å². The average Bonchev–Trinajstić information content (AvgIpc) is 2.42. The number of allylic oxidation sites excluding steroid dienone is 2. The number of methoxy groups -OCH3 is 2. The molecule has 0 fully saturated rings. The Kier molecular flexibility index (Phi) is 8.67. The number of carbonyl (C=O) groups excluding carboxylic acids is 1. The Bertz CT molecular complexity index is 459. The van der Waals surface area contributed by atoms with Crippen LogP contribution in [0.1, 0.15) is 33.1 Å². The third kappa shape index (κ3) is 9.63. The van der Waals surface area contributed by atoms with Gasteiger partial charge < -0.3 is 19.3 Å². The maximum atomic E-state index is 11.6. The molecule has 1 N–H and O–H groups in total. The molecule has 0 aromatic heterocycles. The van der Waals surface area contributed by atoms with Crippen molar-refractivity contribution in [3.05, 3.63) is 36.3 Å². The van der Waals surface area contributed by atoms with Crippen molar-refractivity contribution in [2.45, 2.75) is 38.7 Å². The number of carboxylic acids is 1. The minimum Gasteiger partial charge on any atom is -0.497 e. The molecule has 0 unspecified atom stereocenters. The van der Waals surface area contributed by atoms with E-state index in [4.69, 9.17) is 19.3 Å². The van der Waals surface area contributed by atoms with Crippen molar-refractivity contribution in [1.29, 1.82) is 0 Å². The number of rotatable bonds is 10. The fraction of sp³-hybridized carbons (Fsp3) is 0.500. The third-order valence-electron chi connectivity index (χ3n) is 2.60. The van der Waals surface area contributed by atoms with Crippen LogP contribution in [-0.4, -0.2) is 36.9 Å². The molecule has 0 radical (unpaired) electrons. The molecule has 0 rings (SSSR count). The molecule has 6 nitrogen and oxygen atoms in total. The molecule has 124 valence electrons. The minimum atomic E-state index is -0.930. The van der Waals surface area contributed by atoms with Gasteiger partial charge in [0.15, 0.2) is 0 Å². The number of ether oxygens (including phenoxy) is 3. The molecule has 0 saturated carbocycles. The highest BCUT2D eigenvalue weighted by Gasteiger charge is 2.19. The normalized spacial score (nSPS) is 12.1. The summed E-state index contributed by atoms with van der Waals surface area (Å²) in [6, 6.07) is 0. The Balaban J connectivity index is 4.57. The summed E-state index contributed by atoms with van der Waals surface area (Å²) < 4.78 is 15.4. The Morgan fingerprint density at radius 1 is 1.18 bits per heavy atom. The highest BCUT2D eigenvalue weighted by molar-refractivity contribution is 5.72. The van der Waals surface area contributed by atoms with Gasteiger partial charge in [-0.05, 0) is 32.4 Å². The smallest absolute Gasteiger partial charge is 0.306 e. The zero-order valence-electron chi connectivity index (χ0n) is 13.5. The molecular weight excluding hydrogens is 288 g/mol. The predicted octanol–water partition coefficient (Wildman–Crippen LogP) is 2.81. The second-order valence-corrected chi connectivity index (χ2v) is 5.08. The molecule has 0 aliphatic carbocycles. The summed E-state index contributed by atoms with van der Waals surface area (Å²) in [7, 11) is 3.00. The second kappa shape index (κ2) is 9.65. The van der Waals surface area contributed by atoms with Crippen molar-refractivity contribution in [3.8, 4) is 0 Å². The molecule has 0 aliphatic heterocycles. The third-order valence-corrected chi connectivity index (χ3v) is 2.60. The zero-order chi connectivity index (χ0) is 17.2. The predicted molar refractivity (Wildman–Crippen MR) is 82.0 cm³/mol. The lowest BCUT2D eigenvalue weighted by atomic mass is 10.1. The van der Waals surface area contributed by atoms with Crippen molar-refractivity contribution in [2.24, 2.45) is 0 Å². The van der Waals surface area contributed by atoms with E-state index in [1.807, 2.05) is 0 Å². The van der Waals surface area contributed by atoms with Crippen LogP contribution < -0.4 is 0 Å². The highest BCUT2D eigenvalue weighted by Crippen LogP contribution is 2.15. The Hall–Kier alpha value is -2.24. The van der Waals surface area contributed by atoms with E-state index in [9.17, 15) is 9.59 Å². The van der Waals surface area contributed by atoms with E-state index in [1.165, 1.54) is 14.2 Å². The molecule has 0 bridgehead atoms. The number of aliphatic carboxylic acids is 1. The van der Waals surface area contributed by atoms with Crippen molar-refractivity contribution in [3.63, 3.8) is 0 Å². The molecule has 0 aromatic rings. The number of carboxylic acid groups (broad SMARTS) is 1. The lowest BCUT2D eigenvalue weighted by Crippen LogP contribution is -2.25. The molecule has 6 heteroatoms. The number of carbonyl (C=O) groups is 2. The van der Waals surface area contributed by atoms with Gasteiger partial charge in [0.25, 0.3) is 0 Å². The van der Waals surface area contributed by atoms with E-state index < -0.39 is 17.5 Å². The molecule has 0 atom stereocenters. The van der Waals surface area contributed by atoms with E-state index in [0.717, 1.165) is 0 Å². The van der Waals surface area contributed by atoms with Crippen molar-refractivity contribution < 1.29 is 28.9 Å². The second-order valence-electron chi connectivity index (χ2n) is 5.08. The van der Waals surface area contributed by atoms with Gasteiger partial charge in [-0.1, -0.05) is 6.58 Å². The van der Waals surface area contributed by atoms with Crippen LogP contribution >= 0.6 is 0 Å². The van der Waals surface area contributed by atoms with Gasteiger partial charge in [-0.25, -0.2) is 0 Å². The zero-order valence-corrected chi connectivity index (χ0v) is 13.5. The van der Waals surface area contributed by atoms with E-state index in [2.05, 4.69) is 6.58 Å². The van der Waals surface area contributed by atoms with Gasteiger partial charge in [0, 0.05) is 18.9 Å². The van der Waals surface area contributed by atoms with E-state index in [1.54, 1.807) is 32.1 Å². The number of hydrogen-bond donors (Lipinski definition) is 1. The summed E-state index contributed by atoms with van der Waals surface area (Å²) in [6.45, 7) is 7.09. The number of esters is 1. The van der Waals surface area contributed by atoms with E-state index >= 15 is 0 Å². The van der Waals surface area contributed by atoms with Gasteiger partial charge >= 0.3 is 11.9 Å². The molecule has 0 aromatic carbocycles. The van der Waals surface area contributed by atoms with E-state index in [-0.39, 0.29) is 19.3 Å². The van der Waals surface area contributed by atoms with Crippen LogP contribution in [0, 0.1) is 0 Å². The van der Waals surface area contributed by atoms with E-state index in [0.29, 0.717) is 11.5 Å². The minimum absolute atomic E-state index is 0.0545. The lowest BCUT2D eigenvalue weighted by Gasteiger charge is -2.21. The molecule has 0 aliphatic rings. The summed E-state index contributed by atoms with van der Waals surface area (Å²) in [6.07, 6.45) is 5.18. The van der Waals surface area contributed by atoms with Crippen LogP contribution in [0.25, 0.3) is 0 Å². The molecule has 0 heterocycles. The summed E-state index contributed by atoms with van der Waals surface area (Å²) in [5.41, 5.74) is -0.841. The highest BCUT2D eigenvalue weighted by atomic mass is 16.6. The molecular formula is C16H24O6. The monoisotopic (exact) mass is 312 g/mol. The molecule has 0 saturated heterocycles. The molecule has 0 spiro atoms. The quantitative estimate of drug-likeness (QED) is 0.379. The van der Waals surface area contributed by atoms with Crippen LogP contribution in [0.15, 0.2) is 36.3 Å². The van der Waals surface area contributed by atoms with Crippen LogP contribution in [0.3, 0.4) is 0 Å². The van der Waals surface area contributed by atoms with Crippen molar-refractivity contribution >= 4 is 11.9 Å². The first-order valence-corrected chi connectivity index (χ1v) is 6.81. The summed E-state index contributed by atoms with van der Waals surface area (Å²) in [4.78, 5) is 22.0. The standard InChI is InChI=1S/C16H24O6/c1-12(20-4)11-13(21-5)9-10-16(2,3)22-15(19)8-6-7-14(17)18/h9-11H,1,6-8H2,2-5H3,(H,17,18)/b10-9+,13-11+. The maximum absolute atomic E-state index is 11.6. The summed E-state index contributed by atoms with van der Waals surface area (Å²) >= 11 is 0. The largest absolute Gasteiger partial charge is 0.497 e. The topological polar surface area (TPSA) is 82.1 Å².